The predicted molar refractivity (Wildman–Crippen MR) is 105 cm³/mol. The molecule has 142 valence electrons. The summed E-state index contributed by atoms with van der Waals surface area (Å²) in [6.45, 7) is 3.80. The minimum absolute atomic E-state index is 0.0633. The number of nitrogens with zero attached hydrogens (tertiary/aromatic N) is 4. The smallest absolute Gasteiger partial charge is 0.274 e. The van der Waals surface area contributed by atoms with Gasteiger partial charge in [0.2, 0.25) is 11.7 Å². The Morgan fingerprint density at radius 3 is 3.00 bits per heavy atom. The van der Waals surface area contributed by atoms with E-state index in [2.05, 4.69) is 20.4 Å². The van der Waals surface area contributed by atoms with E-state index in [1.807, 2.05) is 50.2 Å². The van der Waals surface area contributed by atoms with E-state index in [-0.39, 0.29) is 11.9 Å². The minimum Gasteiger partial charge on any atom is -0.339 e. The average molecular weight is 376 g/mol. The first-order valence-corrected chi connectivity index (χ1v) is 8.94. The molecule has 0 bridgehead atoms. The van der Waals surface area contributed by atoms with Gasteiger partial charge in [0, 0.05) is 29.9 Å². The van der Waals surface area contributed by atoms with Crippen LogP contribution >= 0.6 is 0 Å². The molecule has 8 nitrogen and oxygen atoms in total. The van der Waals surface area contributed by atoms with Crippen LogP contribution in [-0.2, 0) is 6.42 Å². The highest BCUT2D eigenvalue weighted by atomic mass is 16.5. The molecule has 0 aliphatic rings. The van der Waals surface area contributed by atoms with Crippen molar-refractivity contribution in [3.8, 4) is 11.4 Å². The Kier molecular flexibility index (Phi) is 4.62. The van der Waals surface area contributed by atoms with E-state index in [0.717, 1.165) is 11.1 Å². The van der Waals surface area contributed by atoms with E-state index >= 15 is 0 Å². The van der Waals surface area contributed by atoms with Gasteiger partial charge in [0.1, 0.15) is 11.3 Å². The van der Waals surface area contributed by atoms with Crippen LogP contribution in [0.3, 0.4) is 0 Å². The summed E-state index contributed by atoms with van der Waals surface area (Å²) in [6, 6.07) is 11.1. The normalized spacial score (nSPS) is 12.2. The Balaban J connectivity index is 1.60. The highest BCUT2D eigenvalue weighted by molar-refractivity contribution is 6.04. The molecule has 3 aromatic heterocycles. The molecule has 3 N–H and O–H groups in total. The van der Waals surface area contributed by atoms with Crippen LogP contribution in [0.4, 0.5) is 5.69 Å². The van der Waals surface area contributed by atoms with Crippen molar-refractivity contribution in [3.63, 3.8) is 0 Å². The Bertz CT molecular complexity index is 1140. The quantitative estimate of drug-likeness (QED) is 0.554. The number of pyridine rings is 1. The second-order valence-corrected chi connectivity index (χ2v) is 6.75. The first-order chi connectivity index (χ1) is 13.5. The van der Waals surface area contributed by atoms with Crippen molar-refractivity contribution in [1.29, 1.82) is 0 Å². The Morgan fingerprint density at radius 1 is 1.32 bits per heavy atom. The van der Waals surface area contributed by atoms with Crippen LogP contribution < -0.4 is 11.1 Å². The lowest BCUT2D eigenvalue weighted by Crippen LogP contribution is -2.17. The molecule has 0 fully saturated rings. The summed E-state index contributed by atoms with van der Waals surface area (Å²) in [5.74, 6) is 0.701. The third-order valence-electron chi connectivity index (χ3n) is 4.36. The fourth-order valence-electron chi connectivity index (χ4n) is 2.91. The highest BCUT2D eigenvalue weighted by Gasteiger charge is 2.15. The van der Waals surface area contributed by atoms with Gasteiger partial charge in [-0.15, -0.1) is 0 Å². The molecule has 0 aliphatic heterocycles. The lowest BCUT2D eigenvalue weighted by molar-refractivity contribution is 0.102. The number of anilines is 1. The van der Waals surface area contributed by atoms with E-state index in [9.17, 15) is 4.79 Å². The van der Waals surface area contributed by atoms with Crippen LogP contribution in [0.5, 0.6) is 0 Å². The molecule has 1 atom stereocenters. The number of aryl methyl sites for hydroxylation is 1. The summed E-state index contributed by atoms with van der Waals surface area (Å²) in [5.41, 5.74) is 9.29. The highest BCUT2D eigenvalue weighted by Crippen LogP contribution is 2.24. The molecule has 0 saturated heterocycles. The molecule has 0 spiro atoms. The van der Waals surface area contributed by atoms with Crippen molar-refractivity contribution in [2.24, 2.45) is 5.73 Å². The maximum absolute atomic E-state index is 12.8. The molecule has 0 saturated carbocycles. The molecule has 1 amide bonds. The van der Waals surface area contributed by atoms with Crippen LogP contribution in [0.2, 0.25) is 0 Å². The second kappa shape index (κ2) is 7.24. The number of carbonyl (C=O) groups is 1. The van der Waals surface area contributed by atoms with Gasteiger partial charge in [-0.2, -0.15) is 4.98 Å². The fourth-order valence-corrected chi connectivity index (χ4v) is 2.91. The number of benzene rings is 1. The van der Waals surface area contributed by atoms with Gasteiger partial charge in [-0.1, -0.05) is 23.4 Å². The number of aromatic nitrogens is 4. The maximum atomic E-state index is 12.8. The van der Waals surface area contributed by atoms with Crippen LogP contribution in [0, 0.1) is 6.92 Å². The number of hydrogen-bond donors (Lipinski definition) is 2. The van der Waals surface area contributed by atoms with E-state index < -0.39 is 0 Å². The van der Waals surface area contributed by atoms with Gasteiger partial charge in [0.25, 0.3) is 5.91 Å². The maximum Gasteiger partial charge on any atom is 0.274 e. The summed E-state index contributed by atoms with van der Waals surface area (Å²) >= 11 is 0. The van der Waals surface area contributed by atoms with Crippen molar-refractivity contribution in [2.45, 2.75) is 26.3 Å². The molecule has 8 heteroatoms. The van der Waals surface area contributed by atoms with Gasteiger partial charge in [-0.25, -0.2) is 4.98 Å². The van der Waals surface area contributed by atoms with Crippen molar-refractivity contribution in [2.75, 3.05) is 5.32 Å². The van der Waals surface area contributed by atoms with Gasteiger partial charge in [-0.05, 0) is 37.6 Å². The minimum atomic E-state index is -0.246. The zero-order chi connectivity index (χ0) is 19.7. The van der Waals surface area contributed by atoms with E-state index in [1.165, 1.54) is 0 Å². The number of amides is 1. The lowest BCUT2D eigenvalue weighted by Gasteiger charge is -2.09. The van der Waals surface area contributed by atoms with Crippen LogP contribution in [-0.4, -0.2) is 31.5 Å². The number of carbonyl (C=O) groups excluding carboxylic acids is 1. The Morgan fingerprint density at radius 2 is 2.18 bits per heavy atom. The summed E-state index contributed by atoms with van der Waals surface area (Å²) < 4.78 is 6.99. The van der Waals surface area contributed by atoms with Gasteiger partial charge < -0.3 is 15.6 Å². The van der Waals surface area contributed by atoms with E-state index in [0.29, 0.717) is 35.2 Å². The first-order valence-electron chi connectivity index (χ1n) is 8.94. The summed E-state index contributed by atoms with van der Waals surface area (Å²) in [5, 5.41) is 6.96. The Hall–Kier alpha value is -3.52. The molecule has 28 heavy (non-hydrogen) atoms. The monoisotopic (exact) mass is 376 g/mol. The summed E-state index contributed by atoms with van der Waals surface area (Å²) in [7, 11) is 0. The number of nitrogens with two attached hydrogens (primary N) is 1. The van der Waals surface area contributed by atoms with Crippen molar-refractivity contribution < 1.29 is 9.32 Å². The van der Waals surface area contributed by atoms with Gasteiger partial charge >= 0.3 is 0 Å². The van der Waals surface area contributed by atoms with Crippen molar-refractivity contribution in [3.05, 3.63) is 65.9 Å². The molecule has 3 heterocycles. The number of imidazole rings is 1. The standard InChI is InChI=1S/C20H20N6O2/c1-12-6-7-14(19-24-18(28-25-19)9-13(2)21)10-15(12)23-20(27)16-11-22-17-5-3-4-8-26(16)17/h3-8,10-11,13H,9,21H2,1-2H3,(H,23,27)/t13-/m1/s1. The Labute approximate surface area is 161 Å². The third kappa shape index (κ3) is 3.49. The lowest BCUT2D eigenvalue weighted by atomic mass is 10.1. The van der Waals surface area contributed by atoms with Gasteiger partial charge in [0.05, 0.1) is 6.20 Å². The molecule has 1 aromatic carbocycles. The molecule has 0 radical (unpaired) electrons. The zero-order valence-electron chi connectivity index (χ0n) is 15.6. The third-order valence-corrected chi connectivity index (χ3v) is 4.36. The van der Waals surface area contributed by atoms with Crippen molar-refractivity contribution >= 4 is 17.2 Å². The number of fused-ring (bicyclic) bond motifs is 1. The summed E-state index contributed by atoms with van der Waals surface area (Å²) in [6.07, 6.45) is 3.87. The number of rotatable bonds is 5. The molecule has 0 unspecified atom stereocenters. The fraction of sp³-hybridized carbons (Fsp3) is 0.200. The van der Waals surface area contributed by atoms with Crippen molar-refractivity contribution in [1.82, 2.24) is 19.5 Å². The topological polar surface area (TPSA) is 111 Å². The molecular formula is C20H20N6O2. The van der Waals surface area contributed by atoms with E-state index in [1.54, 1.807) is 16.8 Å². The molecule has 4 aromatic rings. The average Bonchev–Trinajstić information content (AvgIpc) is 3.30. The van der Waals surface area contributed by atoms with E-state index in [4.69, 9.17) is 10.3 Å². The SMILES string of the molecule is Cc1ccc(-c2noc(C[C@@H](C)N)n2)cc1NC(=O)c1cnc2ccccn12. The molecule has 4 rings (SSSR count). The van der Waals surface area contributed by atoms with Crippen LogP contribution in [0.15, 0.2) is 53.3 Å². The predicted octanol–water partition coefficient (Wildman–Crippen LogP) is 2.83. The number of hydrogen-bond acceptors (Lipinski definition) is 6. The van der Waals surface area contributed by atoms with Crippen LogP contribution in [0.1, 0.15) is 28.9 Å². The first kappa shape index (κ1) is 17.9. The van der Waals surface area contributed by atoms with Gasteiger partial charge in [-0.3, -0.25) is 9.20 Å². The molecular weight excluding hydrogens is 356 g/mol. The number of nitrogens with one attached hydrogen (secondary N) is 1. The zero-order valence-corrected chi connectivity index (χ0v) is 15.6. The van der Waals surface area contributed by atoms with Crippen LogP contribution in [0.25, 0.3) is 17.0 Å². The summed E-state index contributed by atoms with van der Waals surface area (Å²) in [4.78, 5) is 21.4. The van der Waals surface area contributed by atoms with Gasteiger partial charge in [0.15, 0.2) is 0 Å². The largest absolute Gasteiger partial charge is 0.339 e. The second-order valence-electron chi connectivity index (χ2n) is 6.75. The molecule has 0 aliphatic carbocycles.